The van der Waals surface area contributed by atoms with Crippen LogP contribution in [0.15, 0.2) is 52.9 Å². The summed E-state index contributed by atoms with van der Waals surface area (Å²) in [6.07, 6.45) is 0. The third-order valence-electron chi connectivity index (χ3n) is 3.55. The van der Waals surface area contributed by atoms with Gasteiger partial charge >= 0.3 is 0 Å². The number of hydrogen-bond donors (Lipinski definition) is 1. The maximum Gasteiger partial charge on any atom is 0.147 e. The maximum absolute atomic E-state index is 13.9. The van der Waals surface area contributed by atoms with Gasteiger partial charge in [0.05, 0.1) is 0 Å². The van der Waals surface area contributed by atoms with E-state index in [2.05, 4.69) is 0 Å². The molecule has 0 bridgehead atoms. The molecule has 1 heterocycles. The first-order chi connectivity index (χ1) is 9.48. The minimum Gasteiger partial charge on any atom is -0.458 e. The average Bonchev–Trinajstić information content (AvgIpc) is 2.82. The first-order valence-electron chi connectivity index (χ1n) is 6.46. The number of rotatable bonds is 2. The lowest BCUT2D eigenvalue weighted by Crippen LogP contribution is -2.23. The zero-order chi connectivity index (χ0) is 14.3. The lowest BCUT2D eigenvalue weighted by atomic mass is 9.93. The molecule has 20 heavy (non-hydrogen) atoms. The van der Waals surface area contributed by atoms with Gasteiger partial charge in [-0.05, 0) is 38.1 Å². The second-order valence-electron chi connectivity index (χ2n) is 5.20. The monoisotopic (exact) mass is 270 g/mol. The molecule has 2 aromatic carbocycles. The van der Waals surface area contributed by atoms with Crippen molar-refractivity contribution in [1.29, 1.82) is 0 Å². The molecule has 0 fully saturated rings. The third kappa shape index (κ3) is 2.00. The van der Waals surface area contributed by atoms with Gasteiger partial charge in [-0.1, -0.05) is 29.8 Å². The van der Waals surface area contributed by atoms with E-state index in [1.54, 1.807) is 24.3 Å². The van der Waals surface area contributed by atoms with E-state index in [9.17, 15) is 9.50 Å². The van der Waals surface area contributed by atoms with Crippen molar-refractivity contribution in [3.63, 3.8) is 0 Å². The van der Waals surface area contributed by atoms with Crippen molar-refractivity contribution in [2.75, 3.05) is 0 Å². The topological polar surface area (TPSA) is 33.4 Å². The Morgan fingerprint density at radius 3 is 2.60 bits per heavy atom. The van der Waals surface area contributed by atoms with Crippen LogP contribution in [0.1, 0.15) is 23.8 Å². The molecule has 0 saturated carbocycles. The number of halogens is 1. The van der Waals surface area contributed by atoms with Crippen LogP contribution in [0.4, 0.5) is 4.39 Å². The summed E-state index contributed by atoms with van der Waals surface area (Å²) in [5, 5.41) is 11.6. The van der Waals surface area contributed by atoms with Crippen LogP contribution in [0.5, 0.6) is 0 Å². The second-order valence-corrected chi connectivity index (χ2v) is 5.20. The molecule has 3 heteroatoms. The Morgan fingerprint density at radius 1 is 1.10 bits per heavy atom. The highest BCUT2D eigenvalue weighted by Gasteiger charge is 2.32. The molecule has 1 aromatic heterocycles. The van der Waals surface area contributed by atoms with Crippen molar-refractivity contribution < 1.29 is 13.9 Å². The van der Waals surface area contributed by atoms with Gasteiger partial charge in [0.2, 0.25) is 0 Å². The summed E-state index contributed by atoms with van der Waals surface area (Å²) in [6.45, 7) is 3.52. The summed E-state index contributed by atoms with van der Waals surface area (Å²) < 4.78 is 19.6. The highest BCUT2D eigenvalue weighted by molar-refractivity contribution is 5.79. The van der Waals surface area contributed by atoms with Crippen LogP contribution in [0.3, 0.4) is 0 Å². The first-order valence-corrected chi connectivity index (χ1v) is 6.46. The molecule has 3 rings (SSSR count). The zero-order valence-corrected chi connectivity index (χ0v) is 11.4. The molecule has 3 aromatic rings. The van der Waals surface area contributed by atoms with Crippen molar-refractivity contribution >= 4 is 11.0 Å². The number of furan rings is 1. The average molecular weight is 270 g/mol. The molecule has 0 aliphatic heterocycles. The van der Waals surface area contributed by atoms with Crippen LogP contribution in [-0.2, 0) is 5.60 Å². The molecule has 1 N–H and O–H groups in total. The summed E-state index contributed by atoms with van der Waals surface area (Å²) in [4.78, 5) is 0. The number of benzene rings is 2. The standard InChI is InChI=1S/C17H15FO2/c1-11-7-8-15-12(9-11)10-16(20-15)17(2,19)13-5-3-4-6-14(13)18/h3-10,19H,1-2H3. The molecule has 0 amide bonds. The lowest BCUT2D eigenvalue weighted by Gasteiger charge is -2.21. The Labute approximate surface area is 116 Å². The van der Waals surface area contributed by atoms with E-state index in [1.165, 1.54) is 13.0 Å². The smallest absolute Gasteiger partial charge is 0.147 e. The van der Waals surface area contributed by atoms with Gasteiger partial charge in [0.15, 0.2) is 0 Å². The fraction of sp³-hybridized carbons (Fsp3) is 0.176. The molecular formula is C17H15FO2. The van der Waals surface area contributed by atoms with E-state index in [1.807, 2.05) is 25.1 Å². The highest BCUT2D eigenvalue weighted by atomic mass is 19.1. The second kappa shape index (κ2) is 4.46. The van der Waals surface area contributed by atoms with Gasteiger partial charge in [-0.2, -0.15) is 0 Å². The van der Waals surface area contributed by atoms with Gasteiger partial charge in [0.1, 0.15) is 22.8 Å². The van der Waals surface area contributed by atoms with E-state index >= 15 is 0 Å². The molecule has 0 radical (unpaired) electrons. The number of fused-ring (bicyclic) bond motifs is 1. The van der Waals surface area contributed by atoms with Crippen molar-refractivity contribution in [2.45, 2.75) is 19.4 Å². The van der Waals surface area contributed by atoms with Gasteiger partial charge in [0, 0.05) is 10.9 Å². The quantitative estimate of drug-likeness (QED) is 0.759. The fourth-order valence-electron chi connectivity index (χ4n) is 2.39. The maximum atomic E-state index is 13.9. The summed E-state index contributed by atoms with van der Waals surface area (Å²) in [6, 6.07) is 13.7. The van der Waals surface area contributed by atoms with E-state index < -0.39 is 11.4 Å². The van der Waals surface area contributed by atoms with Crippen LogP contribution in [0, 0.1) is 12.7 Å². The Morgan fingerprint density at radius 2 is 1.85 bits per heavy atom. The van der Waals surface area contributed by atoms with Crippen molar-refractivity contribution in [3.8, 4) is 0 Å². The van der Waals surface area contributed by atoms with Crippen LogP contribution in [-0.4, -0.2) is 5.11 Å². The van der Waals surface area contributed by atoms with Crippen molar-refractivity contribution in [1.82, 2.24) is 0 Å². The normalized spacial score (nSPS) is 14.4. The first kappa shape index (κ1) is 12.9. The lowest BCUT2D eigenvalue weighted by molar-refractivity contribution is 0.0748. The van der Waals surface area contributed by atoms with Crippen molar-refractivity contribution in [3.05, 3.63) is 71.2 Å². The molecular weight excluding hydrogens is 255 g/mol. The molecule has 0 aliphatic carbocycles. The van der Waals surface area contributed by atoms with Gasteiger partial charge < -0.3 is 9.52 Å². The predicted octanol–water partition coefficient (Wildman–Crippen LogP) is 4.14. The minimum atomic E-state index is -1.50. The number of aliphatic hydroxyl groups is 1. The Hall–Kier alpha value is -2.13. The van der Waals surface area contributed by atoms with Crippen LogP contribution >= 0.6 is 0 Å². The zero-order valence-electron chi connectivity index (χ0n) is 11.4. The SMILES string of the molecule is Cc1ccc2oc(C(C)(O)c3ccccc3F)cc2c1. The largest absolute Gasteiger partial charge is 0.458 e. The van der Waals surface area contributed by atoms with Gasteiger partial charge in [-0.3, -0.25) is 0 Å². The van der Waals surface area contributed by atoms with Gasteiger partial charge in [0.25, 0.3) is 0 Å². The summed E-state index contributed by atoms with van der Waals surface area (Å²) >= 11 is 0. The highest BCUT2D eigenvalue weighted by Crippen LogP contribution is 2.34. The Balaban J connectivity index is 2.16. The van der Waals surface area contributed by atoms with E-state index in [0.717, 1.165) is 10.9 Å². The summed E-state index contributed by atoms with van der Waals surface area (Å²) in [5.74, 6) is -0.114. The summed E-state index contributed by atoms with van der Waals surface area (Å²) in [7, 11) is 0. The van der Waals surface area contributed by atoms with Crippen LogP contribution in [0.2, 0.25) is 0 Å². The van der Waals surface area contributed by atoms with Crippen molar-refractivity contribution in [2.24, 2.45) is 0 Å². The van der Waals surface area contributed by atoms with E-state index in [0.29, 0.717) is 11.3 Å². The molecule has 0 aliphatic rings. The molecule has 102 valence electrons. The van der Waals surface area contributed by atoms with E-state index in [-0.39, 0.29) is 5.56 Å². The predicted molar refractivity (Wildman–Crippen MR) is 76.0 cm³/mol. The van der Waals surface area contributed by atoms with Crippen LogP contribution < -0.4 is 0 Å². The van der Waals surface area contributed by atoms with Crippen LogP contribution in [0.25, 0.3) is 11.0 Å². The summed E-state index contributed by atoms with van der Waals surface area (Å²) in [5.41, 5.74) is 0.492. The molecule has 1 atom stereocenters. The van der Waals surface area contributed by atoms with Gasteiger partial charge in [-0.25, -0.2) is 4.39 Å². The minimum absolute atomic E-state index is 0.204. The Kier molecular flexibility index (Phi) is 2.87. The number of aryl methyl sites for hydroxylation is 1. The molecule has 0 saturated heterocycles. The third-order valence-corrected chi connectivity index (χ3v) is 3.55. The van der Waals surface area contributed by atoms with Gasteiger partial charge in [-0.15, -0.1) is 0 Å². The Bertz CT molecular complexity index is 772. The van der Waals surface area contributed by atoms with E-state index in [4.69, 9.17) is 4.42 Å². The fourth-order valence-corrected chi connectivity index (χ4v) is 2.39. The molecule has 0 spiro atoms. The molecule has 2 nitrogen and oxygen atoms in total. The number of hydrogen-bond acceptors (Lipinski definition) is 2. The molecule has 1 unspecified atom stereocenters.